The third-order valence-electron chi connectivity index (χ3n) is 2.54. The molecule has 0 fully saturated rings. The summed E-state index contributed by atoms with van der Waals surface area (Å²) >= 11 is 3.57. The van der Waals surface area contributed by atoms with Crippen molar-refractivity contribution in [1.29, 1.82) is 0 Å². The average molecular weight is 276 g/mol. The van der Waals surface area contributed by atoms with Crippen LogP contribution in [0.2, 0.25) is 0 Å². The van der Waals surface area contributed by atoms with Gasteiger partial charge in [-0.15, -0.1) is 0 Å². The molecule has 0 aliphatic rings. The molecule has 0 saturated heterocycles. The molecule has 2 heteroatoms. The van der Waals surface area contributed by atoms with E-state index in [1.807, 2.05) is 6.07 Å². The van der Waals surface area contributed by atoms with Gasteiger partial charge in [-0.05, 0) is 35.7 Å². The molecule has 2 rings (SSSR count). The zero-order valence-corrected chi connectivity index (χ0v) is 10.6. The summed E-state index contributed by atoms with van der Waals surface area (Å²) in [6, 6.07) is 16.8. The number of nitrogens with two attached hydrogens (primary N) is 1. The van der Waals surface area contributed by atoms with E-state index in [0.717, 1.165) is 10.9 Å². The van der Waals surface area contributed by atoms with Gasteiger partial charge in [0.05, 0.1) is 0 Å². The van der Waals surface area contributed by atoms with Gasteiger partial charge in [0.1, 0.15) is 0 Å². The van der Waals surface area contributed by atoms with E-state index in [4.69, 9.17) is 5.73 Å². The predicted octanol–water partition coefficient (Wildman–Crippen LogP) is 3.62. The van der Waals surface area contributed by atoms with E-state index in [-0.39, 0.29) is 0 Å². The first kappa shape index (κ1) is 11.4. The van der Waals surface area contributed by atoms with Crippen LogP contribution < -0.4 is 5.73 Å². The minimum atomic E-state index is 0.694. The van der Waals surface area contributed by atoms with Crippen molar-refractivity contribution in [1.82, 2.24) is 0 Å². The Morgan fingerprint density at radius 3 is 2.56 bits per heavy atom. The number of hydrogen-bond acceptors (Lipinski definition) is 1. The zero-order chi connectivity index (χ0) is 11.4. The van der Waals surface area contributed by atoms with Crippen molar-refractivity contribution >= 4 is 15.9 Å². The number of benzene rings is 2. The highest BCUT2D eigenvalue weighted by atomic mass is 79.9. The van der Waals surface area contributed by atoms with E-state index >= 15 is 0 Å². The predicted molar refractivity (Wildman–Crippen MR) is 72.3 cm³/mol. The summed E-state index contributed by atoms with van der Waals surface area (Å²) in [5, 5.41) is 0. The van der Waals surface area contributed by atoms with Gasteiger partial charge in [-0.25, -0.2) is 0 Å². The molecule has 0 atom stereocenters. The Morgan fingerprint density at radius 2 is 1.81 bits per heavy atom. The Morgan fingerprint density at radius 1 is 1.00 bits per heavy atom. The third kappa shape index (κ3) is 2.52. The molecule has 0 aliphatic heterocycles. The fraction of sp³-hybridized carbons (Fsp3) is 0.143. The molecular weight excluding hydrogens is 262 g/mol. The van der Waals surface area contributed by atoms with Gasteiger partial charge >= 0.3 is 0 Å². The summed E-state index contributed by atoms with van der Waals surface area (Å²) in [5.41, 5.74) is 9.32. The van der Waals surface area contributed by atoms with Gasteiger partial charge in [-0.3, -0.25) is 0 Å². The Hall–Kier alpha value is -1.12. The van der Waals surface area contributed by atoms with Crippen LogP contribution in [0, 0.1) is 0 Å². The molecule has 0 amide bonds. The molecule has 1 nitrogen and oxygen atoms in total. The van der Waals surface area contributed by atoms with Crippen LogP contribution in [0.25, 0.3) is 11.1 Å². The molecule has 16 heavy (non-hydrogen) atoms. The molecular formula is C14H14BrN. The second-order valence-corrected chi connectivity index (χ2v) is 4.57. The molecule has 0 bridgehead atoms. The van der Waals surface area contributed by atoms with Gasteiger partial charge in [0, 0.05) is 4.47 Å². The van der Waals surface area contributed by atoms with Crippen LogP contribution in [0.1, 0.15) is 5.56 Å². The van der Waals surface area contributed by atoms with Crippen LogP contribution in [-0.4, -0.2) is 6.54 Å². The maximum atomic E-state index is 5.57. The van der Waals surface area contributed by atoms with Crippen molar-refractivity contribution in [2.45, 2.75) is 6.42 Å². The second kappa shape index (κ2) is 5.28. The minimum absolute atomic E-state index is 0.694. The molecule has 0 unspecified atom stereocenters. The molecule has 0 aliphatic carbocycles. The van der Waals surface area contributed by atoms with Crippen molar-refractivity contribution in [3.05, 3.63) is 58.6 Å². The summed E-state index contributed by atoms with van der Waals surface area (Å²) in [7, 11) is 0. The smallest absolute Gasteiger partial charge is 0.0253 e. The first-order valence-corrected chi connectivity index (χ1v) is 6.14. The van der Waals surface area contributed by atoms with Crippen LogP contribution in [0.5, 0.6) is 0 Å². The minimum Gasteiger partial charge on any atom is -0.330 e. The second-order valence-electron chi connectivity index (χ2n) is 3.72. The molecule has 0 radical (unpaired) electrons. The lowest BCUT2D eigenvalue weighted by Gasteiger charge is -2.06. The Kier molecular flexibility index (Phi) is 3.75. The Labute approximate surface area is 104 Å². The molecule has 2 N–H and O–H groups in total. The highest BCUT2D eigenvalue weighted by Gasteiger charge is 2.02. The standard InChI is InChI=1S/C14H14BrN/c15-14-7-2-1-6-13(14)12-5-3-4-11(10-12)8-9-16/h1-7,10H,8-9,16H2. The van der Waals surface area contributed by atoms with Crippen LogP contribution in [0.4, 0.5) is 0 Å². The highest BCUT2D eigenvalue weighted by molar-refractivity contribution is 9.10. The number of hydrogen-bond donors (Lipinski definition) is 1. The van der Waals surface area contributed by atoms with E-state index in [1.165, 1.54) is 16.7 Å². The average Bonchev–Trinajstić information content (AvgIpc) is 2.30. The summed E-state index contributed by atoms with van der Waals surface area (Å²) in [5.74, 6) is 0. The summed E-state index contributed by atoms with van der Waals surface area (Å²) < 4.78 is 1.12. The van der Waals surface area contributed by atoms with Crippen LogP contribution in [0.15, 0.2) is 53.0 Å². The third-order valence-corrected chi connectivity index (χ3v) is 3.24. The van der Waals surface area contributed by atoms with Gasteiger partial charge in [0.2, 0.25) is 0 Å². The molecule has 2 aromatic carbocycles. The van der Waals surface area contributed by atoms with Crippen molar-refractivity contribution < 1.29 is 0 Å². The van der Waals surface area contributed by atoms with Crippen LogP contribution in [-0.2, 0) is 6.42 Å². The topological polar surface area (TPSA) is 26.0 Å². The number of rotatable bonds is 3. The lowest BCUT2D eigenvalue weighted by atomic mass is 10.0. The lowest BCUT2D eigenvalue weighted by molar-refractivity contribution is 0.969. The SMILES string of the molecule is NCCc1cccc(-c2ccccc2Br)c1. The van der Waals surface area contributed by atoms with Gasteiger partial charge < -0.3 is 5.73 Å². The van der Waals surface area contributed by atoms with E-state index in [0.29, 0.717) is 6.54 Å². The molecule has 0 saturated carbocycles. The van der Waals surface area contributed by atoms with Gasteiger partial charge in [-0.1, -0.05) is 58.4 Å². The monoisotopic (exact) mass is 275 g/mol. The molecule has 82 valence electrons. The molecule has 0 aromatic heterocycles. The van der Waals surface area contributed by atoms with Crippen molar-refractivity contribution in [3.8, 4) is 11.1 Å². The van der Waals surface area contributed by atoms with E-state index in [1.54, 1.807) is 0 Å². The quantitative estimate of drug-likeness (QED) is 0.910. The number of halogens is 1. The largest absolute Gasteiger partial charge is 0.330 e. The normalized spacial score (nSPS) is 10.4. The molecule has 0 spiro atoms. The van der Waals surface area contributed by atoms with E-state index in [9.17, 15) is 0 Å². The van der Waals surface area contributed by atoms with Crippen LogP contribution in [0.3, 0.4) is 0 Å². The molecule has 0 heterocycles. The summed E-state index contributed by atoms with van der Waals surface area (Å²) in [6.45, 7) is 0.694. The summed E-state index contributed by atoms with van der Waals surface area (Å²) in [4.78, 5) is 0. The van der Waals surface area contributed by atoms with Crippen molar-refractivity contribution in [2.24, 2.45) is 5.73 Å². The van der Waals surface area contributed by atoms with Crippen molar-refractivity contribution in [2.75, 3.05) is 6.54 Å². The maximum absolute atomic E-state index is 5.57. The Balaban J connectivity index is 2.40. The van der Waals surface area contributed by atoms with E-state index in [2.05, 4.69) is 58.4 Å². The zero-order valence-electron chi connectivity index (χ0n) is 8.99. The van der Waals surface area contributed by atoms with Crippen LogP contribution >= 0.6 is 15.9 Å². The van der Waals surface area contributed by atoms with Gasteiger partial charge in [-0.2, -0.15) is 0 Å². The first-order chi connectivity index (χ1) is 7.81. The fourth-order valence-electron chi connectivity index (χ4n) is 1.76. The fourth-order valence-corrected chi connectivity index (χ4v) is 2.27. The summed E-state index contributed by atoms with van der Waals surface area (Å²) in [6.07, 6.45) is 0.929. The first-order valence-electron chi connectivity index (χ1n) is 5.35. The highest BCUT2D eigenvalue weighted by Crippen LogP contribution is 2.28. The maximum Gasteiger partial charge on any atom is 0.0253 e. The lowest BCUT2D eigenvalue weighted by Crippen LogP contribution is -2.02. The van der Waals surface area contributed by atoms with Crippen molar-refractivity contribution in [3.63, 3.8) is 0 Å². The van der Waals surface area contributed by atoms with Gasteiger partial charge in [0.25, 0.3) is 0 Å². The van der Waals surface area contributed by atoms with Gasteiger partial charge in [0.15, 0.2) is 0 Å². The molecule has 2 aromatic rings. The Bertz CT molecular complexity index is 480. The van der Waals surface area contributed by atoms with E-state index < -0.39 is 0 Å².